The Morgan fingerprint density at radius 2 is 0.967 bits per heavy atom. The number of nitrogens with zero attached hydrogens (tertiary/aromatic N) is 1. The van der Waals surface area contributed by atoms with Crippen molar-refractivity contribution in [1.82, 2.24) is 52.8 Å². The Morgan fingerprint density at radius 1 is 0.527 bits per heavy atom. The molecule has 0 radical (unpaired) electrons. The van der Waals surface area contributed by atoms with E-state index in [1.54, 1.807) is 40.0 Å². The molecule has 1 heterocycles. The number of nitrogens with two attached hydrogens (primary N) is 4. The first-order chi connectivity index (χ1) is 43.0. The van der Waals surface area contributed by atoms with E-state index in [1.165, 1.54) is 24.3 Å². The third kappa shape index (κ3) is 25.9. The highest BCUT2D eigenvalue weighted by Crippen LogP contribution is 2.21. The fourth-order valence-corrected chi connectivity index (χ4v) is 10.0. The van der Waals surface area contributed by atoms with Gasteiger partial charge in [-0.15, -0.1) is 0 Å². The second-order valence-electron chi connectivity index (χ2n) is 23.8. The van der Waals surface area contributed by atoms with Gasteiger partial charge in [0, 0.05) is 49.8 Å². The summed E-state index contributed by atoms with van der Waals surface area (Å²) in [5, 5.41) is 44.7. The van der Waals surface area contributed by atoms with Crippen molar-refractivity contribution in [1.29, 1.82) is 0 Å². The minimum atomic E-state index is -1.46. The number of hydrogen-bond acceptors (Lipinski definition) is 14. The maximum absolute atomic E-state index is 15.0. The zero-order valence-electron chi connectivity index (χ0n) is 54.0. The number of guanidine groups is 1. The van der Waals surface area contributed by atoms with Crippen LogP contribution in [0.4, 0.5) is 0 Å². The number of aromatic nitrogens is 1. The van der Waals surface area contributed by atoms with Gasteiger partial charge in [-0.2, -0.15) is 0 Å². The first-order valence-electron chi connectivity index (χ1n) is 31.3. The fourth-order valence-electron chi connectivity index (χ4n) is 10.0. The minimum absolute atomic E-state index is 0.00504. The minimum Gasteiger partial charge on any atom is -0.508 e. The number of phenolic OH excluding ortho intramolecular Hbond substituents is 1. The molecule has 28 nitrogen and oxygen atoms in total. The molecule has 0 saturated carbocycles. The number of nitrogens with one attached hydrogen (secondary N) is 10. The number of aliphatic imine (C=N–C) groups is 1. The van der Waals surface area contributed by atoms with E-state index in [2.05, 4.69) is 57.8 Å². The average Bonchev–Trinajstić information content (AvgIpc) is 1.88. The maximum atomic E-state index is 15.0. The van der Waals surface area contributed by atoms with Gasteiger partial charge in [0.25, 0.3) is 0 Å². The van der Waals surface area contributed by atoms with E-state index in [0.717, 1.165) is 17.8 Å². The molecule has 91 heavy (non-hydrogen) atoms. The number of phenols is 1. The van der Waals surface area contributed by atoms with Crippen molar-refractivity contribution in [3.05, 3.63) is 65.9 Å². The number of benzene rings is 2. The van der Waals surface area contributed by atoms with E-state index in [4.69, 9.17) is 22.9 Å². The molecule has 0 unspecified atom stereocenters. The Labute approximate surface area is 532 Å². The molecule has 0 aliphatic carbocycles. The number of carboxylic acids is 1. The van der Waals surface area contributed by atoms with Crippen LogP contribution < -0.4 is 70.8 Å². The second-order valence-corrected chi connectivity index (χ2v) is 23.8. The number of para-hydroxylation sites is 1. The lowest BCUT2D eigenvalue weighted by molar-refractivity contribution is -0.138. The van der Waals surface area contributed by atoms with E-state index in [0.29, 0.717) is 36.8 Å². The van der Waals surface area contributed by atoms with Crippen LogP contribution in [-0.2, 0) is 65.6 Å². The van der Waals surface area contributed by atoms with Crippen LogP contribution in [0, 0.1) is 23.7 Å². The Bertz CT molecular complexity index is 2950. The lowest BCUT2D eigenvalue weighted by atomic mass is 9.94. The number of aromatic amines is 1. The van der Waals surface area contributed by atoms with Gasteiger partial charge in [-0.25, -0.2) is 0 Å². The number of hydrogen-bond donors (Lipinski definition) is 16. The molecular weight excluding hydrogens is 1170 g/mol. The second kappa shape index (κ2) is 38.7. The number of amides is 10. The van der Waals surface area contributed by atoms with Gasteiger partial charge in [0.15, 0.2) is 5.96 Å². The van der Waals surface area contributed by atoms with Crippen LogP contribution in [0.15, 0.2) is 59.7 Å². The number of H-pyrrole nitrogens is 1. The summed E-state index contributed by atoms with van der Waals surface area (Å²) in [5.41, 5.74) is 24.6. The molecule has 3 rings (SSSR count). The quantitative estimate of drug-likeness (QED) is 0.0212. The summed E-state index contributed by atoms with van der Waals surface area (Å²) in [5.74, 6) is -10.9. The molecule has 20 N–H and O–H groups in total. The zero-order valence-corrected chi connectivity index (χ0v) is 54.0. The Kier molecular flexibility index (Phi) is 32.5. The third-order valence-electron chi connectivity index (χ3n) is 16.0. The number of unbranched alkanes of at least 4 members (excludes halogenated alkanes) is 1. The van der Waals surface area contributed by atoms with E-state index in [9.17, 15) is 63.0 Å². The number of fused-ring (bicyclic) bond motifs is 1. The van der Waals surface area contributed by atoms with Crippen molar-refractivity contribution in [2.75, 3.05) is 13.1 Å². The zero-order chi connectivity index (χ0) is 68.1. The molecule has 1 aromatic heterocycles. The Balaban J connectivity index is 2.11. The number of carbonyl (C=O) groups is 11. The molecule has 12 atom stereocenters. The maximum Gasteiger partial charge on any atom is 0.303 e. The highest BCUT2D eigenvalue weighted by atomic mass is 16.4. The van der Waals surface area contributed by atoms with E-state index in [1.807, 2.05) is 45.9 Å². The van der Waals surface area contributed by atoms with E-state index >= 15 is 0 Å². The van der Waals surface area contributed by atoms with Gasteiger partial charge >= 0.3 is 5.97 Å². The summed E-state index contributed by atoms with van der Waals surface area (Å²) in [6.45, 7) is 15.7. The summed E-state index contributed by atoms with van der Waals surface area (Å²) < 4.78 is 0. The number of carbonyl (C=O) groups excluding carboxylic acids is 10. The summed E-state index contributed by atoms with van der Waals surface area (Å²) in [6.07, 6.45) is 2.63. The fraction of sp³-hybridized carbons (Fsp3) is 0.587. The highest BCUT2D eigenvalue weighted by molar-refractivity contribution is 5.99. The molecule has 504 valence electrons. The molecule has 10 amide bonds. The van der Waals surface area contributed by atoms with Crippen molar-refractivity contribution >= 4 is 81.9 Å². The number of aliphatic carboxylic acids is 1. The smallest absolute Gasteiger partial charge is 0.303 e. The normalized spacial score (nSPS) is 15.2. The molecule has 0 spiro atoms. The van der Waals surface area contributed by atoms with E-state index in [-0.39, 0.29) is 82.1 Å². The summed E-state index contributed by atoms with van der Waals surface area (Å²) in [6, 6.07) is 1.22. The molecule has 0 aliphatic rings. The molecule has 0 aliphatic heterocycles. The molecule has 0 saturated heterocycles. The van der Waals surface area contributed by atoms with Crippen molar-refractivity contribution in [3.63, 3.8) is 0 Å². The van der Waals surface area contributed by atoms with Gasteiger partial charge in [0.05, 0.1) is 0 Å². The van der Waals surface area contributed by atoms with Crippen LogP contribution >= 0.6 is 0 Å². The lowest BCUT2D eigenvalue weighted by Gasteiger charge is -2.31. The van der Waals surface area contributed by atoms with Crippen LogP contribution in [0.2, 0.25) is 0 Å². The molecular formula is C63H99N15O13. The van der Waals surface area contributed by atoms with Crippen LogP contribution in [0.1, 0.15) is 144 Å². The summed E-state index contributed by atoms with van der Waals surface area (Å²) in [7, 11) is 0. The van der Waals surface area contributed by atoms with Crippen molar-refractivity contribution in [3.8, 4) is 5.75 Å². The van der Waals surface area contributed by atoms with Gasteiger partial charge in [0.1, 0.15) is 60.1 Å². The number of aromatic hydroxyl groups is 1. The highest BCUT2D eigenvalue weighted by Gasteiger charge is 2.38. The van der Waals surface area contributed by atoms with Crippen LogP contribution in [0.5, 0.6) is 5.75 Å². The molecule has 2 aromatic carbocycles. The average molecular weight is 1270 g/mol. The molecule has 28 heteroatoms. The molecule has 3 aromatic rings. The first-order valence-corrected chi connectivity index (χ1v) is 31.3. The number of primary amides is 1. The van der Waals surface area contributed by atoms with Crippen molar-refractivity contribution in [2.24, 2.45) is 51.6 Å². The predicted molar refractivity (Wildman–Crippen MR) is 344 cm³/mol. The van der Waals surface area contributed by atoms with Gasteiger partial charge in [0.2, 0.25) is 59.1 Å². The largest absolute Gasteiger partial charge is 0.508 e. The SMILES string of the molecule is CC[C@H](C)[C@H](NC(=O)[C@H](CCC(=O)O)NC(C)=O)C(=O)N[C@@H](Cc1ccc(O)cc1)C(=O)N[C@@H](CCCCN)C(=O)N[C@@H](CCCN=C(N)N)C(=O)N[C@@H](Cc1c[nH]c2ccccc12)C(=O)N[C@H](C(=O)N[C@H](C(=O)N[C@@H](CC(C)C)C(N)=O)[C@@H](C)CC)[C@@H](C)CC. The van der Waals surface area contributed by atoms with Crippen molar-refractivity contribution in [2.45, 2.75) is 200 Å². The Morgan fingerprint density at radius 3 is 1.46 bits per heavy atom. The Hall–Kier alpha value is -8.82. The van der Waals surface area contributed by atoms with Crippen molar-refractivity contribution < 1.29 is 63.0 Å². The van der Waals surface area contributed by atoms with Gasteiger partial charge < -0.3 is 86.0 Å². The standard InChI is InChI=1S/C63H99N15O13/c1-10-35(6)51(76-57(86)46(70-38(9)79)26-27-50(81)82)61(90)75-48(31-39-22-24-41(80)25-23-39)58(87)72-44(20-15-16-28-64)55(84)71-45(21-17-29-68-63(66)67)56(85)74-49(32-40-33-69-43-19-14-13-18-42(40)43)59(88)77-53(37(8)12-3)62(91)78-52(36(7)11-2)60(89)73-47(54(65)83)30-34(4)5/h13-14,18-19,22-25,33-37,44-49,51-53,69,80H,10-12,15-17,20-21,26-32,64H2,1-9H3,(H2,65,83)(H,70,79)(H,71,84)(H,72,87)(H,73,89)(H,74,85)(H,75,90)(H,76,86)(H,77,88)(H,78,91)(H,81,82)(H4,66,67,68)/t35-,36-,37-,44-,45-,46-,47-,48-,49-,51-,52-,53-/m0/s1. The van der Waals surface area contributed by atoms with Gasteiger partial charge in [-0.1, -0.05) is 105 Å². The summed E-state index contributed by atoms with van der Waals surface area (Å²) >= 11 is 0. The number of rotatable bonds is 41. The lowest BCUT2D eigenvalue weighted by Crippen LogP contribution is -2.62. The van der Waals surface area contributed by atoms with Crippen LogP contribution in [0.25, 0.3) is 10.9 Å². The van der Waals surface area contributed by atoms with Crippen LogP contribution in [0.3, 0.4) is 0 Å². The summed E-state index contributed by atoms with van der Waals surface area (Å²) in [4.78, 5) is 159. The molecule has 0 fully saturated rings. The first kappa shape index (κ1) is 76.4. The monoisotopic (exact) mass is 1270 g/mol. The van der Waals surface area contributed by atoms with Gasteiger partial charge in [-0.3, -0.25) is 57.7 Å². The van der Waals surface area contributed by atoms with E-state index < -0.39 is 144 Å². The molecule has 0 bridgehead atoms. The topological polar surface area (TPSA) is 469 Å². The van der Waals surface area contributed by atoms with Crippen LogP contribution in [-0.4, -0.2) is 154 Å². The predicted octanol–water partition coefficient (Wildman–Crippen LogP) is 0.759. The van der Waals surface area contributed by atoms with Gasteiger partial charge in [-0.05, 0) is 104 Å². The third-order valence-corrected chi connectivity index (χ3v) is 16.0. The number of carboxylic acid groups (broad SMARTS) is 1.